The molecule has 0 atom stereocenters. The molecule has 0 aromatic carbocycles. The molecule has 1 rings (SSSR count). The van der Waals surface area contributed by atoms with Gasteiger partial charge in [0.05, 0.1) is 0 Å². The lowest BCUT2D eigenvalue weighted by atomic mass is 10.1. The molecule has 0 amide bonds. The largest absolute Gasteiger partial charge is 0.241 e. The van der Waals surface area contributed by atoms with Crippen molar-refractivity contribution in [1.82, 2.24) is 4.98 Å². The van der Waals surface area contributed by atoms with Gasteiger partial charge >= 0.3 is 0 Å². The summed E-state index contributed by atoms with van der Waals surface area (Å²) in [5.74, 6) is 0. The van der Waals surface area contributed by atoms with E-state index in [1.807, 2.05) is 6.07 Å². The first-order valence-corrected chi connectivity index (χ1v) is 6.41. The Morgan fingerprint density at radius 1 is 1.29 bits per heavy atom. The molecule has 1 nitrogen and oxygen atoms in total. The summed E-state index contributed by atoms with van der Waals surface area (Å²) in [7, 11) is 0. The summed E-state index contributed by atoms with van der Waals surface area (Å²) in [6, 6.07) is 4.00. The van der Waals surface area contributed by atoms with Crippen LogP contribution in [-0.2, 0) is 6.42 Å². The van der Waals surface area contributed by atoms with Crippen LogP contribution in [0.5, 0.6) is 0 Å². The van der Waals surface area contributed by atoms with Crippen molar-refractivity contribution in [2.45, 2.75) is 32.6 Å². The average Bonchev–Trinajstić information content (AvgIpc) is 2.11. The summed E-state index contributed by atoms with van der Waals surface area (Å²) in [6.45, 7) is 2.05. The van der Waals surface area contributed by atoms with Gasteiger partial charge in [0.25, 0.3) is 0 Å². The molecule has 0 aliphatic rings. The van der Waals surface area contributed by atoms with E-state index in [9.17, 15) is 0 Å². The summed E-state index contributed by atoms with van der Waals surface area (Å²) in [5, 5.41) is 1.70. The van der Waals surface area contributed by atoms with Crippen molar-refractivity contribution in [1.29, 1.82) is 0 Å². The van der Waals surface area contributed by atoms with Gasteiger partial charge < -0.3 is 0 Å². The molecule has 0 spiro atoms. The number of aryl methyl sites for hydroxylation is 2. The fourth-order valence-corrected chi connectivity index (χ4v) is 2.08. The number of halogens is 2. The second-order valence-electron chi connectivity index (χ2n) is 3.46. The number of unbranched alkanes of at least 4 members (excludes halogenated alkanes) is 2. The first-order valence-electron chi connectivity index (χ1n) is 4.91. The zero-order valence-corrected chi connectivity index (χ0v) is 10.7. The maximum Gasteiger partial charge on any atom is 0.129 e. The van der Waals surface area contributed by atoms with Crippen molar-refractivity contribution in [2.24, 2.45) is 0 Å². The molecular weight excluding hydrogens is 261 g/mol. The topological polar surface area (TPSA) is 12.9 Å². The minimum atomic E-state index is 0.612. The van der Waals surface area contributed by atoms with Gasteiger partial charge in [-0.3, -0.25) is 0 Å². The maximum atomic E-state index is 5.87. The lowest BCUT2D eigenvalue weighted by Gasteiger charge is -2.02. The predicted molar refractivity (Wildman–Crippen MR) is 65.3 cm³/mol. The highest BCUT2D eigenvalue weighted by molar-refractivity contribution is 9.09. The Balaban J connectivity index is 2.42. The Morgan fingerprint density at radius 3 is 2.71 bits per heavy atom. The van der Waals surface area contributed by atoms with Gasteiger partial charge in [0.2, 0.25) is 0 Å². The van der Waals surface area contributed by atoms with E-state index in [1.165, 1.54) is 24.8 Å². The van der Waals surface area contributed by atoms with Crippen LogP contribution in [0.25, 0.3) is 0 Å². The molecule has 0 saturated heterocycles. The van der Waals surface area contributed by atoms with Crippen molar-refractivity contribution in [3.8, 4) is 0 Å². The summed E-state index contributed by atoms with van der Waals surface area (Å²) in [5.41, 5.74) is 2.31. The lowest BCUT2D eigenvalue weighted by molar-refractivity contribution is 0.713. The van der Waals surface area contributed by atoms with Gasteiger partial charge in [-0.25, -0.2) is 4.98 Å². The molecule has 1 aromatic heterocycles. The standard InChI is InChI=1S/C11H15BrClN/c1-9-7-10(14-11(13)8-9)5-3-2-4-6-12/h7-8H,2-6H2,1H3. The second kappa shape index (κ2) is 6.41. The van der Waals surface area contributed by atoms with E-state index in [2.05, 4.69) is 33.9 Å². The van der Waals surface area contributed by atoms with Crippen LogP contribution in [0.4, 0.5) is 0 Å². The minimum Gasteiger partial charge on any atom is -0.241 e. The second-order valence-corrected chi connectivity index (χ2v) is 4.64. The highest BCUT2D eigenvalue weighted by Crippen LogP contribution is 2.12. The first kappa shape index (κ1) is 12.0. The zero-order chi connectivity index (χ0) is 10.4. The third-order valence-electron chi connectivity index (χ3n) is 2.06. The van der Waals surface area contributed by atoms with Crippen LogP contribution in [0.1, 0.15) is 30.5 Å². The molecule has 0 saturated carbocycles. The number of hydrogen-bond acceptors (Lipinski definition) is 1. The number of rotatable bonds is 5. The van der Waals surface area contributed by atoms with E-state index in [0.29, 0.717) is 5.15 Å². The molecule has 0 bridgehead atoms. The van der Waals surface area contributed by atoms with E-state index in [0.717, 1.165) is 17.4 Å². The lowest BCUT2D eigenvalue weighted by Crippen LogP contribution is -1.92. The Bertz CT molecular complexity index is 268. The number of aromatic nitrogens is 1. The van der Waals surface area contributed by atoms with Crippen LogP contribution in [0.15, 0.2) is 12.1 Å². The highest BCUT2D eigenvalue weighted by atomic mass is 79.9. The van der Waals surface area contributed by atoms with Gasteiger partial charge in [-0.05, 0) is 43.9 Å². The number of hydrogen-bond donors (Lipinski definition) is 0. The van der Waals surface area contributed by atoms with E-state index in [4.69, 9.17) is 11.6 Å². The summed E-state index contributed by atoms with van der Waals surface area (Å²) >= 11 is 9.29. The Morgan fingerprint density at radius 2 is 2.07 bits per heavy atom. The van der Waals surface area contributed by atoms with Crippen molar-refractivity contribution in [3.63, 3.8) is 0 Å². The van der Waals surface area contributed by atoms with Crippen LogP contribution in [0.3, 0.4) is 0 Å². The number of pyridine rings is 1. The van der Waals surface area contributed by atoms with Gasteiger partial charge in [-0.15, -0.1) is 0 Å². The zero-order valence-electron chi connectivity index (χ0n) is 8.39. The van der Waals surface area contributed by atoms with E-state index in [1.54, 1.807) is 0 Å². The Hall–Kier alpha value is -0.0800. The van der Waals surface area contributed by atoms with Crippen LogP contribution in [0, 0.1) is 6.92 Å². The quantitative estimate of drug-likeness (QED) is 0.447. The van der Waals surface area contributed by atoms with Crippen molar-refractivity contribution in [3.05, 3.63) is 28.5 Å². The third-order valence-corrected chi connectivity index (χ3v) is 2.81. The smallest absolute Gasteiger partial charge is 0.129 e. The minimum absolute atomic E-state index is 0.612. The fraction of sp³-hybridized carbons (Fsp3) is 0.545. The van der Waals surface area contributed by atoms with Gasteiger partial charge in [0.1, 0.15) is 5.15 Å². The Kier molecular flexibility index (Phi) is 5.49. The molecule has 0 radical (unpaired) electrons. The van der Waals surface area contributed by atoms with Gasteiger partial charge in [-0.2, -0.15) is 0 Å². The van der Waals surface area contributed by atoms with Gasteiger partial charge in [0.15, 0.2) is 0 Å². The van der Waals surface area contributed by atoms with Crippen molar-refractivity contribution in [2.75, 3.05) is 5.33 Å². The molecule has 1 heterocycles. The summed E-state index contributed by atoms with van der Waals surface area (Å²) < 4.78 is 0. The van der Waals surface area contributed by atoms with E-state index < -0.39 is 0 Å². The predicted octanol–water partition coefficient (Wildman–Crippen LogP) is 4.15. The summed E-state index contributed by atoms with van der Waals surface area (Å²) in [4.78, 5) is 4.29. The highest BCUT2D eigenvalue weighted by Gasteiger charge is 1.98. The first-order chi connectivity index (χ1) is 6.72. The molecule has 0 aliphatic heterocycles. The van der Waals surface area contributed by atoms with E-state index >= 15 is 0 Å². The normalized spacial score (nSPS) is 10.5. The van der Waals surface area contributed by atoms with Crippen LogP contribution >= 0.6 is 27.5 Å². The summed E-state index contributed by atoms with van der Waals surface area (Å²) in [6.07, 6.45) is 4.71. The number of nitrogens with zero attached hydrogens (tertiary/aromatic N) is 1. The van der Waals surface area contributed by atoms with Crippen molar-refractivity contribution < 1.29 is 0 Å². The molecule has 0 N–H and O–H groups in total. The molecule has 3 heteroatoms. The fourth-order valence-electron chi connectivity index (χ4n) is 1.40. The van der Waals surface area contributed by atoms with E-state index in [-0.39, 0.29) is 0 Å². The molecule has 0 aliphatic carbocycles. The van der Waals surface area contributed by atoms with Crippen LogP contribution < -0.4 is 0 Å². The molecule has 14 heavy (non-hydrogen) atoms. The molecule has 0 unspecified atom stereocenters. The Labute approximate surface area is 99.0 Å². The van der Waals surface area contributed by atoms with Gasteiger partial charge in [-0.1, -0.05) is 34.0 Å². The van der Waals surface area contributed by atoms with Crippen LogP contribution in [-0.4, -0.2) is 10.3 Å². The SMILES string of the molecule is Cc1cc(Cl)nc(CCCCCBr)c1. The van der Waals surface area contributed by atoms with Crippen molar-refractivity contribution >= 4 is 27.5 Å². The van der Waals surface area contributed by atoms with Gasteiger partial charge in [0, 0.05) is 11.0 Å². The molecule has 1 aromatic rings. The third kappa shape index (κ3) is 4.43. The number of alkyl halides is 1. The molecular formula is C11H15BrClN. The monoisotopic (exact) mass is 275 g/mol. The average molecular weight is 277 g/mol. The molecule has 0 fully saturated rings. The maximum absolute atomic E-state index is 5.87. The molecule has 78 valence electrons. The van der Waals surface area contributed by atoms with Crippen LogP contribution in [0.2, 0.25) is 5.15 Å².